The summed E-state index contributed by atoms with van der Waals surface area (Å²) in [5.74, 6) is 2.22. The molecule has 208 valence electrons. The largest absolute Gasteiger partial charge is 0.467 e. The smallest absolute Gasteiger partial charge is 0.174 e. The van der Waals surface area contributed by atoms with Gasteiger partial charge in [0.05, 0.1) is 41.3 Å². The van der Waals surface area contributed by atoms with E-state index in [1.807, 2.05) is 30.5 Å². The van der Waals surface area contributed by atoms with Gasteiger partial charge < -0.3 is 24.1 Å². The summed E-state index contributed by atoms with van der Waals surface area (Å²) in [5.41, 5.74) is 6.57. The van der Waals surface area contributed by atoms with E-state index in [2.05, 4.69) is 77.7 Å². The molecule has 0 unspecified atom stereocenters. The molecule has 5 heterocycles. The zero-order valence-corrected chi connectivity index (χ0v) is 25.0. The molecule has 2 aliphatic heterocycles. The molecular formula is C32H36ClN5OS. The van der Waals surface area contributed by atoms with Gasteiger partial charge in [0.2, 0.25) is 0 Å². The zero-order chi connectivity index (χ0) is 28.0. The van der Waals surface area contributed by atoms with Crippen LogP contribution in [-0.2, 0) is 6.54 Å². The Morgan fingerprint density at radius 2 is 1.85 bits per heavy atom. The maximum atomic E-state index is 7.01. The highest BCUT2D eigenvalue weighted by Crippen LogP contribution is 2.45. The topological polar surface area (TPSA) is 49.5 Å². The van der Waals surface area contributed by atoms with Crippen LogP contribution in [0.2, 0.25) is 5.02 Å². The molecule has 0 aliphatic carbocycles. The van der Waals surface area contributed by atoms with Crippen molar-refractivity contribution < 1.29 is 4.42 Å². The highest BCUT2D eigenvalue weighted by Gasteiger charge is 2.42. The first-order chi connectivity index (χ1) is 19.3. The Hall–Kier alpha value is -3.29. The van der Waals surface area contributed by atoms with Gasteiger partial charge in [-0.1, -0.05) is 31.5 Å². The van der Waals surface area contributed by atoms with E-state index in [4.69, 9.17) is 33.2 Å². The van der Waals surface area contributed by atoms with Gasteiger partial charge in [-0.25, -0.2) is 0 Å². The first-order valence-electron chi connectivity index (χ1n) is 14.0. The van der Waals surface area contributed by atoms with E-state index in [0.29, 0.717) is 23.5 Å². The lowest BCUT2D eigenvalue weighted by Gasteiger charge is -2.37. The van der Waals surface area contributed by atoms with Crippen molar-refractivity contribution in [3.8, 4) is 0 Å². The first kappa shape index (κ1) is 26.9. The van der Waals surface area contributed by atoms with Gasteiger partial charge >= 0.3 is 0 Å². The number of benzene rings is 1. The minimum Gasteiger partial charge on any atom is -0.467 e. The number of anilines is 2. The molecular weight excluding hydrogens is 538 g/mol. The molecule has 4 aromatic rings. The number of piperidine rings is 1. The van der Waals surface area contributed by atoms with Crippen LogP contribution >= 0.6 is 23.8 Å². The zero-order valence-electron chi connectivity index (χ0n) is 23.5. The minimum absolute atomic E-state index is 0.101. The van der Waals surface area contributed by atoms with Crippen LogP contribution in [0.3, 0.4) is 0 Å². The van der Waals surface area contributed by atoms with Crippen LogP contribution < -0.4 is 15.1 Å². The van der Waals surface area contributed by atoms with E-state index in [-0.39, 0.29) is 12.1 Å². The fourth-order valence-electron chi connectivity index (χ4n) is 6.64. The molecule has 3 aromatic heterocycles. The molecule has 0 bridgehead atoms. The quantitative estimate of drug-likeness (QED) is 0.242. The maximum absolute atomic E-state index is 7.01. The Bertz CT molecular complexity index is 1490. The monoisotopic (exact) mass is 573 g/mol. The molecule has 4 atom stereocenters. The summed E-state index contributed by atoms with van der Waals surface area (Å²) >= 11 is 13.0. The number of furan rings is 1. The molecule has 2 saturated heterocycles. The second-order valence-electron chi connectivity index (χ2n) is 11.5. The van der Waals surface area contributed by atoms with Crippen LogP contribution in [-0.4, -0.2) is 27.8 Å². The van der Waals surface area contributed by atoms with Gasteiger partial charge in [-0.2, -0.15) is 0 Å². The van der Waals surface area contributed by atoms with E-state index in [0.717, 1.165) is 40.9 Å². The molecule has 1 N–H and O–H groups in total. The third-order valence-electron chi connectivity index (χ3n) is 8.34. The number of pyridine rings is 1. The number of aromatic nitrogens is 2. The molecule has 1 aromatic carbocycles. The van der Waals surface area contributed by atoms with Gasteiger partial charge in [0.25, 0.3) is 0 Å². The van der Waals surface area contributed by atoms with E-state index in [1.54, 1.807) is 6.26 Å². The fourth-order valence-corrected chi connectivity index (χ4v) is 7.28. The normalized spacial score (nSPS) is 23.1. The van der Waals surface area contributed by atoms with Crippen molar-refractivity contribution in [3.63, 3.8) is 0 Å². The summed E-state index contributed by atoms with van der Waals surface area (Å²) in [6.07, 6.45) is 4.82. The molecule has 40 heavy (non-hydrogen) atoms. The maximum Gasteiger partial charge on any atom is 0.174 e. The fraction of sp³-hybridized carbons (Fsp3) is 0.375. The Morgan fingerprint density at radius 3 is 2.52 bits per heavy atom. The van der Waals surface area contributed by atoms with Crippen molar-refractivity contribution in [3.05, 3.63) is 100 Å². The van der Waals surface area contributed by atoms with Gasteiger partial charge in [0, 0.05) is 36.4 Å². The standard InChI is InChI=1S/C32H36ClN5OS/c1-20-14-21(2)18-36(17-20)29-11-10-24(16-27(29)33)38-31(30(35-32(38)40)28-9-5-6-12-34-28)26-15-22(3)37(23(26)4)19-25-8-7-13-39-25/h5-13,15-16,20-21,30-31H,14,17-19H2,1-4H3,(H,35,40)/t20-,21+,30-,31-/m1/s1. The third kappa shape index (κ3) is 5.01. The summed E-state index contributed by atoms with van der Waals surface area (Å²) in [6, 6.07) is 18.4. The van der Waals surface area contributed by atoms with E-state index in [1.165, 1.54) is 23.4 Å². The number of rotatable bonds is 6. The van der Waals surface area contributed by atoms with Crippen molar-refractivity contribution in [1.29, 1.82) is 0 Å². The number of hydrogen-bond acceptors (Lipinski definition) is 4. The van der Waals surface area contributed by atoms with Crippen molar-refractivity contribution in [2.24, 2.45) is 11.8 Å². The van der Waals surface area contributed by atoms with Crippen LogP contribution in [0.15, 0.2) is 71.5 Å². The summed E-state index contributed by atoms with van der Waals surface area (Å²) in [5, 5.41) is 5.01. The molecule has 0 spiro atoms. The number of hydrogen-bond donors (Lipinski definition) is 1. The third-order valence-corrected chi connectivity index (χ3v) is 8.96. The highest BCUT2D eigenvalue weighted by molar-refractivity contribution is 7.80. The molecule has 6 nitrogen and oxygen atoms in total. The number of aryl methyl sites for hydroxylation is 1. The van der Waals surface area contributed by atoms with Gasteiger partial charge in [-0.15, -0.1) is 0 Å². The van der Waals surface area contributed by atoms with Crippen LogP contribution in [0.25, 0.3) is 0 Å². The van der Waals surface area contributed by atoms with Crippen LogP contribution in [0, 0.1) is 25.7 Å². The Labute approximate surface area is 246 Å². The minimum atomic E-state index is -0.117. The summed E-state index contributed by atoms with van der Waals surface area (Å²) in [7, 11) is 0. The van der Waals surface area contributed by atoms with Crippen LogP contribution in [0.5, 0.6) is 0 Å². The predicted octanol–water partition coefficient (Wildman–Crippen LogP) is 7.45. The lowest BCUT2D eigenvalue weighted by Crippen LogP contribution is -2.38. The van der Waals surface area contributed by atoms with Crippen LogP contribution in [0.4, 0.5) is 11.4 Å². The van der Waals surface area contributed by atoms with Gasteiger partial charge in [0.1, 0.15) is 5.76 Å². The summed E-state index contributed by atoms with van der Waals surface area (Å²) < 4.78 is 7.98. The van der Waals surface area contributed by atoms with Gasteiger partial charge in [-0.3, -0.25) is 4.98 Å². The molecule has 0 radical (unpaired) electrons. The van der Waals surface area contributed by atoms with Gasteiger partial charge in [-0.05, 0) is 98.4 Å². The first-order valence-corrected chi connectivity index (χ1v) is 14.8. The molecule has 0 saturated carbocycles. The second-order valence-corrected chi connectivity index (χ2v) is 12.3. The average molecular weight is 574 g/mol. The van der Waals surface area contributed by atoms with Gasteiger partial charge in [0.15, 0.2) is 5.11 Å². The molecule has 2 aliphatic rings. The number of nitrogens with zero attached hydrogens (tertiary/aromatic N) is 4. The molecule has 8 heteroatoms. The number of halogens is 1. The number of thiocarbonyl (C=S) groups is 1. The SMILES string of the molecule is Cc1cc([C@@H]2[C@@H](c3ccccn3)NC(=S)N2c2ccc(N3C[C@H](C)C[C@H](C)C3)c(Cl)c2)c(C)n1Cc1ccco1. The Morgan fingerprint density at radius 1 is 1.05 bits per heavy atom. The molecule has 6 rings (SSSR count). The van der Waals surface area contributed by atoms with E-state index in [9.17, 15) is 0 Å². The average Bonchev–Trinajstić information content (AvgIpc) is 3.63. The van der Waals surface area contributed by atoms with Crippen molar-refractivity contribution in [2.45, 2.75) is 52.7 Å². The lowest BCUT2D eigenvalue weighted by atomic mass is 9.91. The Balaban J connectivity index is 1.41. The van der Waals surface area contributed by atoms with Crippen molar-refractivity contribution >= 4 is 40.3 Å². The Kier molecular flexibility index (Phi) is 7.36. The predicted molar refractivity (Wildman–Crippen MR) is 166 cm³/mol. The van der Waals surface area contributed by atoms with E-state index < -0.39 is 0 Å². The van der Waals surface area contributed by atoms with Crippen LogP contribution in [0.1, 0.15) is 60.8 Å². The second kappa shape index (κ2) is 10.9. The molecule has 0 amide bonds. The van der Waals surface area contributed by atoms with Crippen molar-refractivity contribution in [1.82, 2.24) is 14.9 Å². The number of nitrogens with one attached hydrogen (secondary N) is 1. The summed E-state index contributed by atoms with van der Waals surface area (Å²) in [6.45, 7) is 11.7. The molecule has 2 fully saturated rings. The highest BCUT2D eigenvalue weighted by atomic mass is 35.5. The lowest BCUT2D eigenvalue weighted by molar-refractivity contribution is 0.357. The summed E-state index contributed by atoms with van der Waals surface area (Å²) in [4.78, 5) is 9.37. The van der Waals surface area contributed by atoms with E-state index >= 15 is 0 Å². The van der Waals surface area contributed by atoms with Crippen molar-refractivity contribution in [2.75, 3.05) is 22.9 Å².